The Morgan fingerprint density at radius 1 is 0.889 bits per heavy atom. The number of carbonyl (C=O) groups excluding carboxylic acids is 2. The van der Waals surface area contributed by atoms with E-state index in [4.69, 9.17) is 21.1 Å². The summed E-state index contributed by atoms with van der Waals surface area (Å²) in [5.41, 5.74) is 2.36. The molecule has 0 fully saturated rings. The summed E-state index contributed by atoms with van der Waals surface area (Å²) in [6.45, 7) is 0. The fraction of sp³-hybridized carbons (Fsp3) is 0.0909. The van der Waals surface area contributed by atoms with Crippen molar-refractivity contribution in [3.8, 4) is 11.5 Å². The molecule has 1 spiro atoms. The van der Waals surface area contributed by atoms with Gasteiger partial charge in [0.25, 0.3) is 0 Å². The molecule has 0 amide bonds. The highest BCUT2D eigenvalue weighted by molar-refractivity contribution is 6.63. The smallest absolute Gasteiger partial charge is 0.340 e. The fourth-order valence-corrected chi connectivity index (χ4v) is 4.09. The van der Waals surface area contributed by atoms with Gasteiger partial charge in [-0.1, -0.05) is 42.5 Å². The molecule has 1 atom stereocenters. The molecule has 2 aliphatic heterocycles. The van der Waals surface area contributed by atoms with Gasteiger partial charge in [0.05, 0.1) is 5.56 Å². The molecule has 3 aromatic carbocycles. The van der Waals surface area contributed by atoms with E-state index >= 15 is 0 Å². The standard InChI is InChI=1S/C22H13ClO4/c23-20(24)12-13-9-10-19-17(11-13)22(16-7-3-4-8-18(16)26-19)15-6-2-1-5-14(15)21(25)27-22/h1-11H,12H2. The maximum absolute atomic E-state index is 12.7. The van der Waals surface area contributed by atoms with Crippen molar-refractivity contribution in [2.45, 2.75) is 12.0 Å². The molecule has 132 valence electrons. The number of rotatable bonds is 2. The van der Waals surface area contributed by atoms with Crippen LogP contribution in [-0.2, 0) is 21.6 Å². The van der Waals surface area contributed by atoms with Crippen molar-refractivity contribution in [3.63, 3.8) is 0 Å². The van der Waals surface area contributed by atoms with Gasteiger partial charge in [-0.3, -0.25) is 4.79 Å². The summed E-state index contributed by atoms with van der Waals surface area (Å²) in [6, 6.07) is 20.3. The lowest BCUT2D eigenvalue weighted by Gasteiger charge is -2.36. The third kappa shape index (κ3) is 2.23. The molecule has 5 rings (SSSR count). The lowest BCUT2D eigenvalue weighted by atomic mass is 9.77. The normalized spacial score (nSPS) is 18.9. The van der Waals surface area contributed by atoms with Crippen molar-refractivity contribution in [2.24, 2.45) is 0 Å². The number of fused-ring (bicyclic) bond motifs is 6. The van der Waals surface area contributed by atoms with E-state index in [1.807, 2.05) is 48.5 Å². The molecule has 0 saturated carbocycles. The number of benzene rings is 3. The molecule has 0 aromatic heterocycles. The van der Waals surface area contributed by atoms with Gasteiger partial charge in [0.2, 0.25) is 5.24 Å². The van der Waals surface area contributed by atoms with Crippen molar-refractivity contribution >= 4 is 22.8 Å². The molecule has 0 saturated heterocycles. The van der Waals surface area contributed by atoms with Crippen LogP contribution in [0.2, 0.25) is 0 Å². The molecule has 4 nitrogen and oxygen atoms in total. The first kappa shape index (κ1) is 16.1. The Labute approximate surface area is 160 Å². The van der Waals surface area contributed by atoms with Crippen molar-refractivity contribution in [1.82, 2.24) is 0 Å². The van der Waals surface area contributed by atoms with Crippen LogP contribution in [0.3, 0.4) is 0 Å². The first-order chi connectivity index (χ1) is 13.1. The van der Waals surface area contributed by atoms with Crippen LogP contribution in [0.4, 0.5) is 0 Å². The number of hydrogen-bond donors (Lipinski definition) is 0. The van der Waals surface area contributed by atoms with Crippen LogP contribution >= 0.6 is 11.6 Å². The average molecular weight is 377 g/mol. The minimum absolute atomic E-state index is 0.0855. The Morgan fingerprint density at radius 2 is 1.59 bits per heavy atom. The number of hydrogen-bond acceptors (Lipinski definition) is 4. The summed E-state index contributed by atoms with van der Waals surface area (Å²) < 4.78 is 12.1. The van der Waals surface area contributed by atoms with E-state index in [-0.39, 0.29) is 12.4 Å². The molecule has 5 heteroatoms. The van der Waals surface area contributed by atoms with Gasteiger partial charge in [0.1, 0.15) is 11.5 Å². The summed E-state index contributed by atoms with van der Waals surface area (Å²) in [4.78, 5) is 24.1. The highest BCUT2D eigenvalue weighted by atomic mass is 35.5. The van der Waals surface area contributed by atoms with Gasteiger partial charge in [-0.25, -0.2) is 4.79 Å². The molecule has 2 heterocycles. The Morgan fingerprint density at radius 3 is 2.41 bits per heavy atom. The topological polar surface area (TPSA) is 52.6 Å². The quantitative estimate of drug-likeness (QED) is 0.486. The van der Waals surface area contributed by atoms with Gasteiger partial charge in [0.15, 0.2) is 5.60 Å². The first-order valence-corrected chi connectivity index (χ1v) is 8.89. The third-order valence-electron chi connectivity index (χ3n) is 5.02. The van der Waals surface area contributed by atoms with Gasteiger partial charge >= 0.3 is 5.97 Å². The third-order valence-corrected chi connectivity index (χ3v) is 5.16. The zero-order valence-corrected chi connectivity index (χ0v) is 14.8. The van der Waals surface area contributed by atoms with E-state index in [0.29, 0.717) is 22.6 Å². The second kappa shape index (κ2) is 5.69. The molecule has 3 aromatic rings. The van der Waals surface area contributed by atoms with Crippen LogP contribution < -0.4 is 4.74 Å². The van der Waals surface area contributed by atoms with E-state index in [9.17, 15) is 9.59 Å². The summed E-state index contributed by atoms with van der Waals surface area (Å²) in [7, 11) is 0. The van der Waals surface area contributed by atoms with E-state index in [2.05, 4.69) is 0 Å². The zero-order valence-electron chi connectivity index (χ0n) is 14.1. The predicted octanol–water partition coefficient (Wildman–Crippen LogP) is 4.56. The second-order valence-electron chi connectivity index (χ2n) is 6.58. The van der Waals surface area contributed by atoms with Gasteiger partial charge in [-0.15, -0.1) is 0 Å². The van der Waals surface area contributed by atoms with Crippen LogP contribution in [0.1, 0.15) is 32.6 Å². The maximum atomic E-state index is 12.7. The van der Waals surface area contributed by atoms with E-state index in [0.717, 1.165) is 16.7 Å². The highest BCUT2D eigenvalue weighted by Gasteiger charge is 2.53. The summed E-state index contributed by atoms with van der Waals surface area (Å²) in [5, 5.41) is -0.454. The van der Waals surface area contributed by atoms with E-state index in [1.54, 1.807) is 18.2 Å². The molecular formula is C22H13ClO4. The number of halogens is 1. The highest BCUT2D eigenvalue weighted by Crippen LogP contribution is 2.55. The van der Waals surface area contributed by atoms with Gasteiger partial charge in [-0.05, 0) is 41.4 Å². The molecule has 2 aliphatic rings. The minimum atomic E-state index is -1.11. The second-order valence-corrected chi connectivity index (χ2v) is 7.00. The largest absolute Gasteiger partial charge is 0.456 e. The SMILES string of the molecule is O=C(Cl)Cc1ccc2c(c1)C1(OC(=O)c3ccccc31)c1ccccc1O2. The number of carbonyl (C=O) groups is 2. The number of para-hydroxylation sites is 1. The molecule has 0 N–H and O–H groups in total. The zero-order chi connectivity index (χ0) is 18.6. The van der Waals surface area contributed by atoms with Crippen molar-refractivity contribution in [3.05, 3.63) is 94.5 Å². The van der Waals surface area contributed by atoms with Crippen molar-refractivity contribution in [2.75, 3.05) is 0 Å². The Bertz CT molecular complexity index is 1120. The molecule has 0 aliphatic carbocycles. The van der Waals surface area contributed by atoms with E-state index < -0.39 is 10.8 Å². The van der Waals surface area contributed by atoms with E-state index in [1.165, 1.54) is 0 Å². The predicted molar refractivity (Wildman–Crippen MR) is 99.3 cm³/mol. The Kier molecular flexibility index (Phi) is 3.39. The lowest BCUT2D eigenvalue weighted by Crippen LogP contribution is -2.33. The molecule has 1 unspecified atom stereocenters. The Hall–Kier alpha value is -3.11. The van der Waals surface area contributed by atoms with Crippen molar-refractivity contribution in [1.29, 1.82) is 0 Å². The van der Waals surface area contributed by atoms with Crippen LogP contribution in [0.25, 0.3) is 0 Å². The summed E-state index contributed by atoms with van der Waals surface area (Å²) in [5.74, 6) is 0.840. The van der Waals surface area contributed by atoms with Gasteiger partial charge in [-0.2, -0.15) is 0 Å². The molecule has 0 radical (unpaired) electrons. The average Bonchev–Trinajstić information content (AvgIpc) is 2.96. The minimum Gasteiger partial charge on any atom is -0.456 e. The van der Waals surface area contributed by atoms with Crippen LogP contribution in [-0.4, -0.2) is 11.2 Å². The van der Waals surface area contributed by atoms with Gasteiger partial charge in [0, 0.05) is 23.1 Å². The monoisotopic (exact) mass is 376 g/mol. The molecular weight excluding hydrogens is 364 g/mol. The molecule has 27 heavy (non-hydrogen) atoms. The number of esters is 1. The lowest BCUT2D eigenvalue weighted by molar-refractivity contribution is -0.111. The Balaban J connectivity index is 1.84. The number of ether oxygens (including phenoxy) is 2. The van der Waals surface area contributed by atoms with Crippen LogP contribution in [0.5, 0.6) is 11.5 Å². The maximum Gasteiger partial charge on any atom is 0.340 e. The summed E-state index contributed by atoms with van der Waals surface area (Å²) in [6.07, 6.45) is 0.0855. The first-order valence-electron chi connectivity index (χ1n) is 8.51. The van der Waals surface area contributed by atoms with Crippen LogP contribution in [0, 0.1) is 0 Å². The van der Waals surface area contributed by atoms with Crippen LogP contribution in [0.15, 0.2) is 66.7 Å². The fourth-order valence-electron chi connectivity index (χ4n) is 3.94. The molecule has 0 bridgehead atoms. The van der Waals surface area contributed by atoms with Gasteiger partial charge < -0.3 is 9.47 Å². The summed E-state index contributed by atoms with van der Waals surface area (Å²) >= 11 is 5.58. The van der Waals surface area contributed by atoms with Crippen molar-refractivity contribution < 1.29 is 19.1 Å².